The molecule has 55 heavy (non-hydrogen) atoms. The highest BCUT2D eigenvalue weighted by Crippen LogP contribution is 2.49. The molecule has 3 N–H and O–H groups in total. The standard InChI is InChI=1S/C38H46ClFN3O11P/c1-37(2,3)35(47)50-23-52-55(49,53-24-51-36(48)38(4,5)6)54-30-16-12-25(13-17-30)19-31(43-32(44)20-26-10-14-28(40)15-11-26)34(46)41-22-27-8-7-9-29(18-27)42-33(45)21-39/h7-18,31H,19-24H2,1-6H3,(H,41,46)(H,42,45)(H,43,44)/t31-/m1/s1. The first kappa shape index (κ1) is 44.6. The van der Waals surface area contributed by atoms with E-state index >= 15 is 0 Å². The predicted octanol–water partition coefficient (Wildman–Crippen LogP) is 6.20. The maximum absolute atomic E-state index is 13.6. The molecule has 3 amide bonds. The summed E-state index contributed by atoms with van der Waals surface area (Å²) in [5, 5.41) is 8.17. The number of carbonyl (C=O) groups excluding carboxylic acids is 5. The van der Waals surface area contributed by atoms with Crippen LogP contribution in [0.15, 0.2) is 72.8 Å². The van der Waals surface area contributed by atoms with Gasteiger partial charge in [-0.25, -0.2) is 18.0 Å². The lowest BCUT2D eigenvalue weighted by atomic mass is 9.98. The second-order valence-electron chi connectivity index (χ2n) is 14.3. The second kappa shape index (κ2) is 20.2. The van der Waals surface area contributed by atoms with Gasteiger partial charge >= 0.3 is 19.8 Å². The molecule has 0 aliphatic carbocycles. The Hall–Kier alpha value is -4.82. The number of amides is 3. The van der Waals surface area contributed by atoms with Crippen molar-refractivity contribution in [2.75, 3.05) is 24.8 Å². The van der Waals surface area contributed by atoms with Crippen molar-refractivity contribution in [1.29, 1.82) is 0 Å². The molecule has 3 aromatic rings. The van der Waals surface area contributed by atoms with Gasteiger partial charge in [0.15, 0.2) is 0 Å². The van der Waals surface area contributed by atoms with Crippen LogP contribution in [0.3, 0.4) is 0 Å². The monoisotopic (exact) mass is 805 g/mol. The number of ether oxygens (including phenoxy) is 2. The average Bonchev–Trinajstić information content (AvgIpc) is 3.11. The van der Waals surface area contributed by atoms with Crippen molar-refractivity contribution >= 4 is 54.8 Å². The van der Waals surface area contributed by atoms with Crippen LogP contribution in [0.1, 0.15) is 58.2 Å². The van der Waals surface area contributed by atoms with Gasteiger partial charge < -0.3 is 29.9 Å². The van der Waals surface area contributed by atoms with Crippen LogP contribution in [0.2, 0.25) is 0 Å². The molecule has 0 heterocycles. The van der Waals surface area contributed by atoms with Gasteiger partial charge in [0.2, 0.25) is 31.3 Å². The molecule has 0 aliphatic heterocycles. The first-order valence-corrected chi connectivity index (χ1v) is 19.0. The molecule has 298 valence electrons. The van der Waals surface area contributed by atoms with Gasteiger partial charge in [-0.1, -0.05) is 36.4 Å². The highest BCUT2D eigenvalue weighted by molar-refractivity contribution is 7.48. The number of alkyl halides is 1. The zero-order valence-electron chi connectivity index (χ0n) is 31.4. The molecule has 0 fully saturated rings. The molecule has 0 radical (unpaired) electrons. The van der Waals surface area contributed by atoms with Gasteiger partial charge in [0.25, 0.3) is 0 Å². The summed E-state index contributed by atoms with van der Waals surface area (Å²) in [7, 11) is -4.55. The fraction of sp³-hybridized carbons (Fsp3) is 0.395. The summed E-state index contributed by atoms with van der Waals surface area (Å²) >= 11 is 5.58. The Morgan fingerprint density at radius 3 is 1.87 bits per heavy atom. The molecule has 1 atom stereocenters. The highest BCUT2D eigenvalue weighted by atomic mass is 35.5. The van der Waals surface area contributed by atoms with Crippen molar-refractivity contribution in [3.05, 3.63) is 95.3 Å². The van der Waals surface area contributed by atoms with E-state index < -0.39 is 73.8 Å². The van der Waals surface area contributed by atoms with Gasteiger partial charge in [-0.05, 0) is 94.6 Å². The molecule has 0 unspecified atom stereocenters. The minimum Gasteiger partial charge on any atom is -0.437 e. The lowest BCUT2D eigenvalue weighted by Crippen LogP contribution is -2.48. The molecule has 3 aromatic carbocycles. The third-order valence-corrected chi connectivity index (χ3v) is 8.86. The highest BCUT2D eigenvalue weighted by Gasteiger charge is 2.33. The smallest absolute Gasteiger partial charge is 0.437 e. The number of rotatable bonds is 18. The van der Waals surface area contributed by atoms with E-state index in [2.05, 4.69) is 16.0 Å². The summed E-state index contributed by atoms with van der Waals surface area (Å²) in [6, 6.07) is 17.0. The number of anilines is 1. The van der Waals surface area contributed by atoms with Crippen molar-refractivity contribution in [1.82, 2.24) is 10.6 Å². The van der Waals surface area contributed by atoms with E-state index in [1.54, 1.807) is 77.9 Å². The fourth-order valence-corrected chi connectivity index (χ4v) is 5.36. The minimum atomic E-state index is -4.55. The molecule has 17 heteroatoms. The van der Waals surface area contributed by atoms with Gasteiger partial charge in [0.05, 0.1) is 17.3 Å². The Morgan fingerprint density at radius 1 is 0.764 bits per heavy atom. The van der Waals surface area contributed by atoms with Crippen molar-refractivity contribution < 1.29 is 56.0 Å². The van der Waals surface area contributed by atoms with Gasteiger partial charge in [0.1, 0.15) is 23.5 Å². The van der Waals surface area contributed by atoms with Gasteiger partial charge in [0, 0.05) is 18.7 Å². The molecule has 0 spiro atoms. The molecule has 0 saturated heterocycles. The lowest BCUT2D eigenvalue weighted by Gasteiger charge is -2.22. The van der Waals surface area contributed by atoms with Gasteiger partial charge in [-0.2, -0.15) is 0 Å². The van der Waals surface area contributed by atoms with Crippen LogP contribution >= 0.6 is 19.4 Å². The van der Waals surface area contributed by atoms with Crippen molar-refractivity contribution in [3.63, 3.8) is 0 Å². The number of carbonyl (C=O) groups is 5. The number of benzene rings is 3. The normalized spacial score (nSPS) is 12.2. The second-order valence-corrected chi connectivity index (χ2v) is 16.1. The van der Waals surface area contributed by atoms with Crippen LogP contribution in [-0.2, 0) is 66.4 Å². The summed E-state index contributed by atoms with van der Waals surface area (Å²) in [4.78, 5) is 62.7. The van der Waals surface area contributed by atoms with Crippen LogP contribution in [0, 0.1) is 16.6 Å². The van der Waals surface area contributed by atoms with E-state index in [1.165, 1.54) is 36.4 Å². The summed E-state index contributed by atoms with van der Waals surface area (Å²) in [5.41, 5.74) is 0.476. The SMILES string of the molecule is CC(C)(C)C(=O)OCOP(=O)(OCOC(=O)C(C)(C)C)Oc1ccc(C[C@@H](NC(=O)Cc2ccc(F)cc2)C(=O)NCc2cccc(NC(=O)CCl)c2)cc1. The van der Waals surface area contributed by atoms with E-state index in [0.717, 1.165) is 0 Å². The number of phosphoric acid groups is 1. The van der Waals surface area contributed by atoms with Crippen LogP contribution in [0.5, 0.6) is 5.75 Å². The summed E-state index contributed by atoms with van der Waals surface area (Å²) in [5.74, 6) is -3.39. The van der Waals surface area contributed by atoms with Crippen LogP contribution < -0.4 is 20.5 Å². The van der Waals surface area contributed by atoms with E-state index in [4.69, 9.17) is 34.6 Å². The molecule has 0 aliphatic rings. The van der Waals surface area contributed by atoms with Crippen molar-refractivity contribution in [3.8, 4) is 5.75 Å². The third kappa shape index (κ3) is 15.8. The molecule has 3 rings (SSSR count). The van der Waals surface area contributed by atoms with E-state index in [1.807, 2.05) is 0 Å². The fourth-order valence-electron chi connectivity index (χ4n) is 4.37. The molecular formula is C38H46ClFN3O11P. The molecular weight excluding hydrogens is 760 g/mol. The summed E-state index contributed by atoms with van der Waals surface area (Å²) in [6.45, 7) is 8.18. The third-order valence-electron chi connectivity index (χ3n) is 7.34. The average molecular weight is 806 g/mol. The Bertz CT molecular complexity index is 1810. The number of esters is 2. The number of hydrogen-bond donors (Lipinski definition) is 3. The number of hydrogen-bond acceptors (Lipinski definition) is 11. The van der Waals surface area contributed by atoms with Crippen molar-refractivity contribution in [2.24, 2.45) is 10.8 Å². The first-order valence-electron chi connectivity index (χ1n) is 17.0. The first-order chi connectivity index (χ1) is 25.8. The van der Waals surface area contributed by atoms with E-state index in [-0.39, 0.29) is 31.0 Å². The zero-order chi connectivity index (χ0) is 40.8. The van der Waals surface area contributed by atoms with Crippen LogP contribution in [0.25, 0.3) is 0 Å². The quantitative estimate of drug-likeness (QED) is 0.0576. The van der Waals surface area contributed by atoms with Crippen LogP contribution in [-0.4, -0.2) is 55.2 Å². The Kier molecular flexibility index (Phi) is 16.4. The predicted molar refractivity (Wildman–Crippen MR) is 201 cm³/mol. The number of halogens is 2. The maximum atomic E-state index is 13.6. The maximum Gasteiger partial charge on any atom is 0.535 e. The molecule has 0 aromatic heterocycles. The topological polar surface area (TPSA) is 185 Å². The van der Waals surface area contributed by atoms with E-state index in [9.17, 15) is 32.9 Å². The van der Waals surface area contributed by atoms with Crippen LogP contribution in [0.4, 0.5) is 10.1 Å². The lowest BCUT2D eigenvalue weighted by molar-refractivity contribution is -0.163. The van der Waals surface area contributed by atoms with Crippen molar-refractivity contribution in [2.45, 2.75) is 67.0 Å². The van der Waals surface area contributed by atoms with Gasteiger partial charge in [-0.15, -0.1) is 11.6 Å². The minimum absolute atomic E-state index is 0.00323. The molecule has 0 bridgehead atoms. The number of phosphoric ester groups is 1. The Labute approximate surface area is 324 Å². The van der Waals surface area contributed by atoms with E-state index in [0.29, 0.717) is 22.4 Å². The van der Waals surface area contributed by atoms with Gasteiger partial charge in [-0.3, -0.25) is 24.0 Å². The molecule has 0 saturated carbocycles. The Balaban J connectivity index is 1.76. The summed E-state index contributed by atoms with van der Waals surface area (Å²) < 4.78 is 53.0. The molecule has 14 nitrogen and oxygen atoms in total. The summed E-state index contributed by atoms with van der Waals surface area (Å²) in [6.07, 6.45) is -0.117. The Morgan fingerprint density at radius 2 is 1.33 bits per heavy atom. The number of nitrogens with one attached hydrogen (secondary N) is 3. The largest absolute Gasteiger partial charge is 0.535 e. The zero-order valence-corrected chi connectivity index (χ0v) is 33.1.